The maximum Gasteiger partial charge on any atom is 0.319 e. The summed E-state index contributed by atoms with van der Waals surface area (Å²) >= 11 is 1.59. The van der Waals surface area contributed by atoms with Crippen LogP contribution in [0.2, 0.25) is 0 Å². The molecular weight excluding hydrogens is 1080 g/mol. The van der Waals surface area contributed by atoms with Crippen LogP contribution in [0.25, 0.3) is 43.4 Å². The molecule has 4 N–H and O–H groups in total. The van der Waals surface area contributed by atoms with E-state index in [4.69, 9.17) is 24.2 Å². The van der Waals surface area contributed by atoms with Gasteiger partial charge in [-0.25, -0.2) is 13.8 Å². The van der Waals surface area contributed by atoms with Crippen molar-refractivity contribution < 1.29 is 37.8 Å². The first-order valence-corrected chi connectivity index (χ1v) is 30.6. The van der Waals surface area contributed by atoms with E-state index >= 15 is 8.78 Å². The van der Waals surface area contributed by atoms with E-state index in [1.165, 1.54) is 4.90 Å². The van der Waals surface area contributed by atoms with Gasteiger partial charge < -0.3 is 44.8 Å². The summed E-state index contributed by atoms with van der Waals surface area (Å²) in [4.78, 5) is 56.1. The fourth-order valence-electron chi connectivity index (χ4n) is 13.7. The second-order valence-electron chi connectivity index (χ2n) is 24.2. The predicted octanol–water partition coefficient (Wildman–Crippen LogP) is 9.68. The highest BCUT2D eigenvalue weighted by molar-refractivity contribution is 7.13. The molecular formula is C63H75F2N11O6S. The Morgan fingerprint density at radius 3 is 2.42 bits per heavy atom. The second kappa shape index (κ2) is 23.6. The molecule has 3 aromatic carbocycles. The fraction of sp³-hybridized carbons (Fsp3) is 0.508. The number of phenols is 1. The number of carbonyl (C=O) groups is 2. The Balaban J connectivity index is 0.643. The number of benzene rings is 3. The number of thiazole rings is 1. The standard InChI is InChI=1S/C63H75F2N11O6S/c1-6-40-8-7-9-43-26-46(77)27-48(54(40)43)56-55(64)57-49(31-66-56)59(75-32-44-14-15-45(33-75)69-44)71-62(70-57)81-25-24-73-22-18-63(65,19-23-73)30-39-16-20-74(21-17-39)52-29-51(82-72-52)53(36(2)3)61(80)76-34-47(78)28-50(76)60(79)68-37(4)41-10-12-42(13-11-41)58-38(5)67-35-83-58/h7-13,26-27,29,31,35-37,39,44-45,47,50,53,69,77-78H,6,14-25,28,30,32-34H2,1-5H3,(H,68,79)/t37-,44?,45?,47+,50-,53-/m0/s1. The van der Waals surface area contributed by atoms with Crippen LogP contribution in [0.3, 0.4) is 0 Å². The Hall–Kier alpha value is -6.87. The van der Waals surface area contributed by atoms with Gasteiger partial charge in [0, 0.05) is 88.7 Å². The zero-order chi connectivity index (χ0) is 57.7. The van der Waals surface area contributed by atoms with Gasteiger partial charge in [0.2, 0.25) is 11.8 Å². The minimum absolute atomic E-state index is 0.0228. The minimum atomic E-state index is -1.29. The largest absolute Gasteiger partial charge is 0.508 e. The van der Waals surface area contributed by atoms with E-state index in [1.807, 2.05) is 81.7 Å². The highest BCUT2D eigenvalue weighted by Gasteiger charge is 2.44. The molecule has 438 valence electrons. The average molecular weight is 1150 g/mol. The summed E-state index contributed by atoms with van der Waals surface area (Å²) in [5, 5.41) is 34.9. The number of nitrogens with one attached hydrogen (secondary N) is 2. The summed E-state index contributed by atoms with van der Waals surface area (Å²) in [5.41, 5.74) is 5.22. The van der Waals surface area contributed by atoms with Gasteiger partial charge in [-0.05, 0) is 117 Å². The fourth-order valence-corrected chi connectivity index (χ4v) is 14.5. The van der Waals surface area contributed by atoms with E-state index in [9.17, 15) is 19.8 Å². The third-order valence-electron chi connectivity index (χ3n) is 18.2. The van der Waals surface area contributed by atoms with Gasteiger partial charge in [0.05, 0.1) is 33.6 Å². The van der Waals surface area contributed by atoms with Crippen molar-refractivity contribution in [1.82, 2.24) is 45.5 Å². The summed E-state index contributed by atoms with van der Waals surface area (Å²) in [6, 6.07) is 18.5. The lowest BCUT2D eigenvalue weighted by atomic mass is 9.80. The number of alkyl halides is 1. The van der Waals surface area contributed by atoms with Crippen LogP contribution in [0.4, 0.5) is 20.4 Å². The molecule has 5 fully saturated rings. The normalized spacial score (nSPS) is 22.0. The smallest absolute Gasteiger partial charge is 0.319 e. The van der Waals surface area contributed by atoms with Crippen molar-refractivity contribution in [3.8, 4) is 33.5 Å². The number of pyridine rings is 1. The molecule has 0 saturated carbocycles. The molecule has 0 radical (unpaired) electrons. The van der Waals surface area contributed by atoms with Gasteiger partial charge >= 0.3 is 6.01 Å². The van der Waals surface area contributed by atoms with Crippen LogP contribution < -0.4 is 25.2 Å². The maximum absolute atomic E-state index is 17.1. The highest BCUT2D eigenvalue weighted by atomic mass is 32.1. The third kappa shape index (κ3) is 11.7. The molecule has 2 amide bonds. The van der Waals surface area contributed by atoms with Gasteiger partial charge in [-0.15, -0.1) is 11.3 Å². The molecule has 12 rings (SSSR count). The summed E-state index contributed by atoms with van der Waals surface area (Å²) in [6.45, 7) is 14.6. The Bertz CT molecular complexity index is 3480. The van der Waals surface area contributed by atoms with Crippen LogP contribution in [-0.2, 0) is 16.0 Å². The predicted molar refractivity (Wildman–Crippen MR) is 317 cm³/mol. The van der Waals surface area contributed by atoms with E-state index in [1.54, 1.807) is 29.7 Å². The number of piperidine rings is 2. The van der Waals surface area contributed by atoms with E-state index in [0.717, 1.165) is 83.2 Å². The first kappa shape index (κ1) is 56.6. The number of rotatable bonds is 17. The Morgan fingerprint density at radius 1 is 0.952 bits per heavy atom. The Morgan fingerprint density at radius 2 is 1.71 bits per heavy atom. The molecule has 17 nitrogen and oxygen atoms in total. The number of ether oxygens (including phenoxy) is 1. The van der Waals surface area contributed by atoms with Crippen molar-refractivity contribution in [1.29, 1.82) is 0 Å². The second-order valence-corrected chi connectivity index (χ2v) is 25.1. The van der Waals surface area contributed by atoms with Crippen LogP contribution in [0.15, 0.2) is 76.9 Å². The molecule has 6 atom stereocenters. The van der Waals surface area contributed by atoms with Gasteiger partial charge in [0.1, 0.15) is 47.0 Å². The van der Waals surface area contributed by atoms with E-state index in [2.05, 4.69) is 42.4 Å². The number of piperazine rings is 1. The van der Waals surface area contributed by atoms with Gasteiger partial charge in [0.15, 0.2) is 17.4 Å². The van der Waals surface area contributed by atoms with Crippen LogP contribution in [0, 0.1) is 24.6 Å². The molecule has 20 heteroatoms. The monoisotopic (exact) mass is 1150 g/mol. The first-order chi connectivity index (χ1) is 40.1. The molecule has 4 aromatic heterocycles. The number of carbonyl (C=O) groups excluding carboxylic acids is 2. The number of β-amino-alcohol motifs (C(OH)–C–C–N with tert-alkyl or cyclic N) is 1. The summed E-state index contributed by atoms with van der Waals surface area (Å²) in [7, 11) is 0. The number of amides is 2. The molecule has 2 unspecified atom stereocenters. The molecule has 5 saturated heterocycles. The van der Waals surface area contributed by atoms with Crippen molar-refractivity contribution in [2.75, 3.05) is 68.8 Å². The highest BCUT2D eigenvalue weighted by Crippen LogP contribution is 2.42. The number of hydrogen-bond acceptors (Lipinski definition) is 16. The number of halogens is 2. The van der Waals surface area contributed by atoms with Crippen molar-refractivity contribution >= 4 is 56.5 Å². The zero-order valence-electron chi connectivity index (χ0n) is 48.0. The lowest BCUT2D eigenvalue weighted by Crippen LogP contribution is -2.51. The van der Waals surface area contributed by atoms with Crippen molar-refractivity contribution in [3.63, 3.8) is 0 Å². The van der Waals surface area contributed by atoms with E-state index in [-0.39, 0.29) is 72.2 Å². The molecule has 7 aromatic rings. The van der Waals surface area contributed by atoms with Gasteiger partial charge in [0.25, 0.3) is 0 Å². The minimum Gasteiger partial charge on any atom is -0.508 e. The number of aliphatic hydroxyl groups is 1. The first-order valence-electron chi connectivity index (χ1n) is 29.8. The van der Waals surface area contributed by atoms with Gasteiger partial charge in [-0.2, -0.15) is 9.97 Å². The molecule has 83 heavy (non-hydrogen) atoms. The summed E-state index contributed by atoms with van der Waals surface area (Å²) in [6.07, 6.45) is 6.68. The third-order valence-corrected chi connectivity index (χ3v) is 19.2. The van der Waals surface area contributed by atoms with Crippen molar-refractivity contribution in [3.05, 3.63) is 101 Å². The SMILES string of the molecule is CCc1cccc2cc(O)cc(-c3ncc4c(N5CC6CCC(C5)N6)nc(OCCN5CCC(F)(CC6CCN(c7cc([C@@H](C(=O)N8C[C@H](O)C[C@H]8C(=O)N[C@@H](C)c8ccc(-c9scnc9C)cc8)C(C)C)on7)CC6)CC5)nc4c3F)c12. The Labute approximate surface area is 486 Å². The molecule has 2 bridgehead atoms. The molecule has 0 aliphatic carbocycles. The average Bonchev–Trinajstić information content (AvgIpc) is 3.09. The number of anilines is 2. The number of aryl methyl sites for hydroxylation is 2. The van der Waals surface area contributed by atoms with Gasteiger partial charge in [-0.3, -0.25) is 19.5 Å². The number of likely N-dealkylation sites (tertiary alicyclic amines) is 2. The lowest BCUT2D eigenvalue weighted by Gasteiger charge is -2.40. The topological polar surface area (TPSA) is 198 Å². The number of phenolic OH excluding ortho intramolecular Hbond substituents is 1. The number of nitrogens with zero attached hydrogens (tertiary/aromatic N) is 9. The van der Waals surface area contributed by atoms with Crippen LogP contribution in [0.1, 0.15) is 114 Å². The van der Waals surface area contributed by atoms with Crippen molar-refractivity contribution in [2.45, 2.75) is 134 Å². The maximum atomic E-state index is 17.1. The number of aliphatic hydroxyl groups excluding tert-OH is 1. The van der Waals surface area contributed by atoms with Crippen LogP contribution >= 0.6 is 11.3 Å². The molecule has 9 heterocycles. The van der Waals surface area contributed by atoms with E-state index in [0.29, 0.717) is 92.4 Å². The summed E-state index contributed by atoms with van der Waals surface area (Å²) in [5.74, 6) is -0.275. The number of hydrogen-bond donors (Lipinski definition) is 4. The zero-order valence-corrected chi connectivity index (χ0v) is 48.8. The van der Waals surface area contributed by atoms with E-state index < -0.39 is 29.5 Å². The van der Waals surface area contributed by atoms with Gasteiger partial charge in [-0.1, -0.05) is 68.4 Å². The summed E-state index contributed by atoms with van der Waals surface area (Å²) < 4.78 is 46.1. The van der Waals surface area contributed by atoms with Crippen molar-refractivity contribution in [2.24, 2.45) is 11.8 Å². The quantitative estimate of drug-likeness (QED) is 0.0672. The molecule has 5 aliphatic heterocycles. The Kier molecular flexibility index (Phi) is 16.1. The molecule has 5 aliphatic rings. The number of fused-ring (bicyclic) bond motifs is 4. The van der Waals surface area contributed by atoms with Crippen LogP contribution in [-0.4, -0.2) is 146 Å². The molecule has 0 spiro atoms. The van der Waals surface area contributed by atoms with Crippen LogP contribution in [0.5, 0.6) is 11.8 Å². The number of aromatic hydroxyl groups is 1. The number of aromatic nitrogens is 5. The lowest BCUT2D eigenvalue weighted by molar-refractivity contribution is -0.141.